The molecular weight excluding hydrogens is 393 g/mol. The van der Waals surface area contributed by atoms with E-state index in [4.69, 9.17) is 21.1 Å². The summed E-state index contributed by atoms with van der Waals surface area (Å²) in [7, 11) is 0. The van der Waals surface area contributed by atoms with Crippen molar-refractivity contribution in [2.75, 3.05) is 6.54 Å². The van der Waals surface area contributed by atoms with E-state index >= 15 is 0 Å². The van der Waals surface area contributed by atoms with Crippen molar-refractivity contribution >= 4 is 17.6 Å². The molecule has 0 saturated heterocycles. The minimum Gasteiger partial charge on any atom is -0.543 e. The smallest absolute Gasteiger partial charge is 0.543 e. The summed E-state index contributed by atoms with van der Waals surface area (Å²) in [6, 6.07) is 12.5. The molecule has 1 aliphatic heterocycles. The van der Waals surface area contributed by atoms with Crippen molar-refractivity contribution < 1.29 is 54.0 Å². The molecule has 0 saturated carbocycles. The molecule has 0 radical (unpaired) electrons. The summed E-state index contributed by atoms with van der Waals surface area (Å²) < 4.78 is 10.7. The van der Waals surface area contributed by atoms with Gasteiger partial charge in [0, 0.05) is 24.5 Å². The summed E-state index contributed by atoms with van der Waals surface area (Å²) in [6.45, 7) is 3.69. The van der Waals surface area contributed by atoms with Gasteiger partial charge in [-0.2, -0.15) is 0 Å². The minimum atomic E-state index is -1.80. The summed E-state index contributed by atoms with van der Waals surface area (Å²) in [5.74, 6) is -2.47. The van der Waals surface area contributed by atoms with Crippen LogP contribution in [0.5, 0.6) is 11.5 Å². The third-order valence-corrected chi connectivity index (χ3v) is 4.66. The van der Waals surface area contributed by atoms with Crippen LogP contribution in [0.3, 0.4) is 0 Å². The molecule has 1 unspecified atom stereocenters. The van der Waals surface area contributed by atoms with E-state index < -0.39 is 17.9 Å². The standard InChI is InChI=1S/C20H22ClNO5.Na/c1-12(22-11-16(23)14-4-3-5-15(21)10-14)8-13-6-7-17-18(9-13)27-20(2,26-17)19(24)25;/h3-7,9-10,12,16,22-23H,8,11H2,1-2H3,(H,24,25);/q;+1/p-1/t12-,16+,20?;/m1./s1. The summed E-state index contributed by atoms with van der Waals surface area (Å²) in [5, 5.41) is 25.3. The van der Waals surface area contributed by atoms with Gasteiger partial charge in [0.2, 0.25) is 0 Å². The number of aliphatic hydroxyl groups is 1. The van der Waals surface area contributed by atoms with Crippen molar-refractivity contribution in [3.8, 4) is 11.5 Å². The second-order valence-electron chi connectivity index (χ2n) is 6.80. The number of hydrogen-bond donors (Lipinski definition) is 2. The van der Waals surface area contributed by atoms with Gasteiger partial charge in [-0.25, -0.2) is 0 Å². The predicted molar refractivity (Wildman–Crippen MR) is 98.7 cm³/mol. The van der Waals surface area contributed by atoms with Gasteiger partial charge in [0.05, 0.1) is 6.10 Å². The summed E-state index contributed by atoms with van der Waals surface area (Å²) in [6.07, 6.45) is 0.00712. The fourth-order valence-electron chi connectivity index (χ4n) is 2.94. The van der Waals surface area contributed by atoms with E-state index in [0.717, 1.165) is 11.1 Å². The maximum absolute atomic E-state index is 11.1. The van der Waals surface area contributed by atoms with E-state index in [-0.39, 0.29) is 35.6 Å². The minimum absolute atomic E-state index is 0. The number of fused-ring (bicyclic) bond motifs is 1. The average Bonchev–Trinajstić information content (AvgIpc) is 2.96. The Labute approximate surface area is 191 Å². The molecule has 0 spiro atoms. The molecule has 0 fully saturated rings. The Morgan fingerprint density at radius 2 is 1.96 bits per heavy atom. The van der Waals surface area contributed by atoms with Crippen LogP contribution < -0.4 is 49.5 Å². The monoisotopic (exact) mass is 413 g/mol. The Hall–Kier alpha value is -1.28. The molecule has 1 heterocycles. The van der Waals surface area contributed by atoms with Gasteiger partial charge in [0.15, 0.2) is 11.5 Å². The molecule has 1 aliphatic rings. The number of halogens is 1. The Kier molecular flexibility index (Phi) is 7.79. The van der Waals surface area contributed by atoms with Crippen LogP contribution in [0.1, 0.15) is 31.1 Å². The number of aliphatic carboxylic acids is 1. The normalized spacial score (nSPS) is 19.6. The summed E-state index contributed by atoms with van der Waals surface area (Å²) >= 11 is 5.95. The maximum atomic E-state index is 11.1. The zero-order valence-electron chi connectivity index (χ0n) is 16.1. The number of rotatable bonds is 7. The second-order valence-corrected chi connectivity index (χ2v) is 7.24. The fraction of sp³-hybridized carbons (Fsp3) is 0.350. The SMILES string of the molecule is C[C@H](Cc1ccc2c(c1)OC(C)(C(=O)[O-])O2)NC[C@H](O)c1cccc(Cl)c1.[Na+]. The van der Waals surface area contributed by atoms with Crippen LogP contribution in [0.4, 0.5) is 0 Å². The van der Waals surface area contributed by atoms with Crippen molar-refractivity contribution in [3.63, 3.8) is 0 Å². The van der Waals surface area contributed by atoms with Gasteiger partial charge >= 0.3 is 29.6 Å². The molecule has 0 aliphatic carbocycles. The van der Waals surface area contributed by atoms with E-state index in [1.807, 2.05) is 19.1 Å². The Morgan fingerprint density at radius 1 is 1.25 bits per heavy atom. The van der Waals surface area contributed by atoms with Crippen LogP contribution in [0, 0.1) is 0 Å². The van der Waals surface area contributed by atoms with Crippen molar-refractivity contribution in [1.82, 2.24) is 5.32 Å². The number of carboxylic acids is 1. The Bertz CT molecular complexity index is 849. The third kappa shape index (κ3) is 5.41. The number of carboxylic acid groups (broad SMARTS) is 1. The molecule has 0 aromatic heterocycles. The van der Waals surface area contributed by atoms with Gasteiger partial charge in [0.25, 0.3) is 5.79 Å². The molecule has 144 valence electrons. The number of aliphatic hydroxyl groups excluding tert-OH is 1. The van der Waals surface area contributed by atoms with Crippen LogP contribution in [0.25, 0.3) is 0 Å². The molecule has 28 heavy (non-hydrogen) atoms. The molecule has 2 N–H and O–H groups in total. The van der Waals surface area contributed by atoms with E-state index in [9.17, 15) is 15.0 Å². The van der Waals surface area contributed by atoms with Gasteiger partial charge < -0.3 is 29.8 Å². The molecule has 8 heteroatoms. The Morgan fingerprint density at radius 3 is 2.64 bits per heavy atom. The van der Waals surface area contributed by atoms with Gasteiger partial charge in [-0.05, 0) is 48.7 Å². The van der Waals surface area contributed by atoms with E-state index in [0.29, 0.717) is 29.5 Å². The number of benzene rings is 2. The topological polar surface area (TPSA) is 90.9 Å². The quantitative estimate of drug-likeness (QED) is 0.556. The zero-order valence-corrected chi connectivity index (χ0v) is 18.8. The first-order chi connectivity index (χ1) is 12.8. The van der Waals surface area contributed by atoms with Gasteiger partial charge in [-0.15, -0.1) is 0 Å². The van der Waals surface area contributed by atoms with Crippen LogP contribution in [0.2, 0.25) is 5.02 Å². The molecule has 2 aromatic carbocycles. The first-order valence-electron chi connectivity index (χ1n) is 8.66. The van der Waals surface area contributed by atoms with Gasteiger partial charge in [-0.3, -0.25) is 0 Å². The molecule has 3 atom stereocenters. The van der Waals surface area contributed by atoms with Crippen molar-refractivity contribution in [3.05, 3.63) is 58.6 Å². The van der Waals surface area contributed by atoms with Crippen LogP contribution in [0.15, 0.2) is 42.5 Å². The van der Waals surface area contributed by atoms with E-state index in [1.54, 1.807) is 30.3 Å². The summed E-state index contributed by atoms with van der Waals surface area (Å²) in [5.41, 5.74) is 1.71. The molecule has 0 amide bonds. The largest absolute Gasteiger partial charge is 1.00 e. The molecule has 2 aromatic rings. The second kappa shape index (κ2) is 9.48. The first-order valence-corrected chi connectivity index (χ1v) is 9.04. The third-order valence-electron chi connectivity index (χ3n) is 4.42. The van der Waals surface area contributed by atoms with E-state index in [2.05, 4.69) is 5.32 Å². The average molecular weight is 414 g/mol. The van der Waals surface area contributed by atoms with Gasteiger partial charge in [-0.1, -0.05) is 29.8 Å². The number of hydrogen-bond acceptors (Lipinski definition) is 6. The molecule has 3 rings (SSSR count). The van der Waals surface area contributed by atoms with Gasteiger partial charge in [0.1, 0.15) is 5.97 Å². The van der Waals surface area contributed by atoms with Crippen LogP contribution >= 0.6 is 11.6 Å². The number of ether oxygens (including phenoxy) is 2. The first kappa shape index (κ1) is 23.0. The molecular formula is C20H21ClNNaO5. The number of nitrogens with one attached hydrogen (secondary N) is 1. The van der Waals surface area contributed by atoms with E-state index in [1.165, 1.54) is 6.92 Å². The summed E-state index contributed by atoms with van der Waals surface area (Å²) in [4.78, 5) is 11.1. The maximum Gasteiger partial charge on any atom is 1.00 e. The number of carbonyl (C=O) groups is 1. The fourth-order valence-corrected chi connectivity index (χ4v) is 3.14. The van der Waals surface area contributed by atoms with Crippen molar-refractivity contribution in [2.24, 2.45) is 0 Å². The molecule has 0 bridgehead atoms. The van der Waals surface area contributed by atoms with Crippen molar-refractivity contribution in [1.29, 1.82) is 0 Å². The predicted octanol–water partition coefficient (Wildman–Crippen LogP) is -1.16. The Balaban J connectivity index is 0.00000280. The van der Waals surface area contributed by atoms with Crippen LogP contribution in [-0.4, -0.2) is 29.4 Å². The van der Waals surface area contributed by atoms with Crippen LogP contribution in [-0.2, 0) is 11.2 Å². The number of carbonyl (C=O) groups excluding carboxylic acids is 1. The molecule has 6 nitrogen and oxygen atoms in total. The van der Waals surface area contributed by atoms with Crippen molar-refractivity contribution in [2.45, 2.75) is 38.2 Å². The zero-order chi connectivity index (χ0) is 19.6.